The van der Waals surface area contributed by atoms with Crippen molar-refractivity contribution in [2.24, 2.45) is 23.2 Å². The summed E-state index contributed by atoms with van der Waals surface area (Å²) in [6.45, 7) is 13.8. The Morgan fingerprint density at radius 2 is 1.43 bits per heavy atom. The number of rotatable bonds is 21. The zero-order valence-corrected chi connectivity index (χ0v) is 35.6. The molecular weight excluding hydrogens is 737 g/mol. The van der Waals surface area contributed by atoms with E-state index in [1.54, 1.807) is 25.7 Å². The van der Waals surface area contributed by atoms with Gasteiger partial charge < -0.3 is 30.3 Å². The summed E-state index contributed by atoms with van der Waals surface area (Å²) in [4.78, 5) is 83.1. The van der Waals surface area contributed by atoms with Crippen LogP contribution in [-0.4, -0.2) is 83.9 Å². The Kier molecular flexibility index (Phi) is 16.9. The topological polar surface area (TPSA) is 160 Å². The van der Waals surface area contributed by atoms with Crippen LogP contribution in [-0.2, 0) is 46.3 Å². The van der Waals surface area contributed by atoms with E-state index in [0.717, 1.165) is 24.0 Å². The van der Waals surface area contributed by atoms with Crippen molar-refractivity contribution < 1.29 is 38.2 Å². The van der Waals surface area contributed by atoms with Crippen LogP contribution in [0, 0.1) is 23.2 Å². The predicted molar refractivity (Wildman–Crippen MR) is 222 cm³/mol. The molecule has 1 saturated heterocycles. The van der Waals surface area contributed by atoms with Crippen LogP contribution in [0.15, 0.2) is 60.7 Å². The number of ketones is 1. The van der Waals surface area contributed by atoms with Crippen LogP contribution >= 0.6 is 0 Å². The fourth-order valence-corrected chi connectivity index (χ4v) is 7.25. The Morgan fingerprint density at radius 1 is 0.828 bits per heavy atom. The van der Waals surface area contributed by atoms with Crippen LogP contribution in [0.2, 0.25) is 0 Å². The number of carbonyl (C=O) groups is 6. The third-order valence-electron chi connectivity index (χ3n) is 10.7. The predicted octanol–water partition coefficient (Wildman–Crippen LogP) is 6.34. The molecule has 2 fully saturated rings. The van der Waals surface area contributed by atoms with Gasteiger partial charge in [0.05, 0.1) is 11.5 Å². The van der Waals surface area contributed by atoms with Crippen molar-refractivity contribution >= 4 is 35.6 Å². The van der Waals surface area contributed by atoms with Crippen molar-refractivity contribution in [1.29, 1.82) is 0 Å². The summed E-state index contributed by atoms with van der Waals surface area (Å²) in [6.07, 6.45) is 3.96. The van der Waals surface area contributed by atoms with Gasteiger partial charge in [-0.3, -0.25) is 24.0 Å². The highest BCUT2D eigenvalue weighted by molar-refractivity contribution is 5.94. The van der Waals surface area contributed by atoms with E-state index in [9.17, 15) is 28.8 Å². The number of hydrogen-bond acceptors (Lipinski definition) is 8. The monoisotopic (exact) mass is 802 g/mol. The van der Waals surface area contributed by atoms with Crippen LogP contribution in [0.3, 0.4) is 0 Å². The summed E-state index contributed by atoms with van der Waals surface area (Å²) in [5.74, 6) is -2.61. The summed E-state index contributed by atoms with van der Waals surface area (Å²) in [7, 11) is 0. The second kappa shape index (κ2) is 21.3. The highest BCUT2D eigenvalue weighted by atomic mass is 16.6. The first-order valence-corrected chi connectivity index (χ1v) is 21.1. The molecule has 0 spiro atoms. The maximum absolute atomic E-state index is 14.3. The van der Waals surface area contributed by atoms with Gasteiger partial charge in [-0.1, -0.05) is 81.4 Å². The van der Waals surface area contributed by atoms with E-state index in [0.29, 0.717) is 45.2 Å². The first-order chi connectivity index (χ1) is 27.4. The number of ether oxygens (including phenoxy) is 2. The largest absolute Gasteiger partial charge is 0.462 e. The summed E-state index contributed by atoms with van der Waals surface area (Å²) < 4.78 is 10.9. The van der Waals surface area contributed by atoms with Gasteiger partial charge in [-0.05, 0) is 103 Å². The van der Waals surface area contributed by atoms with Crippen molar-refractivity contribution in [3.8, 4) is 0 Å². The lowest BCUT2D eigenvalue weighted by molar-refractivity contribution is -0.155. The van der Waals surface area contributed by atoms with Crippen molar-refractivity contribution in [3.05, 3.63) is 71.8 Å². The SMILES string of the molecule is CC(C)C[C@@H](CC(=O)[C@@H](Cc1ccccc1)NC(=O)[C@H](C)Cc1ccccc1)C(=O)N[C@H](CCCCNC(=O)OC(C)(C)C)C(=O)N1CCC(C)(C(=O)OC2CC2)C1. The van der Waals surface area contributed by atoms with Crippen LogP contribution in [0.1, 0.15) is 111 Å². The smallest absolute Gasteiger partial charge is 0.407 e. The molecule has 0 radical (unpaired) electrons. The molecule has 2 aromatic carbocycles. The van der Waals surface area contributed by atoms with Gasteiger partial charge in [0.1, 0.15) is 17.7 Å². The van der Waals surface area contributed by atoms with E-state index >= 15 is 0 Å². The van der Waals surface area contributed by atoms with Gasteiger partial charge in [0, 0.05) is 37.9 Å². The van der Waals surface area contributed by atoms with Crippen LogP contribution in [0.5, 0.6) is 0 Å². The lowest BCUT2D eigenvalue weighted by Gasteiger charge is -2.28. The number of esters is 1. The van der Waals surface area contributed by atoms with E-state index in [-0.39, 0.29) is 61.4 Å². The number of hydrogen-bond donors (Lipinski definition) is 3. The van der Waals surface area contributed by atoms with E-state index in [2.05, 4.69) is 16.0 Å². The Morgan fingerprint density at radius 3 is 2.02 bits per heavy atom. The minimum absolute atomic E-state index is 0.0469. The molecule has 1 aliphatic heterocycles. The van der Waals surface area contributed by atoms with Crippen LogP contribution < -0.4 is 16.0 Å². The molecule has 0 bridgehead atoms. The molecule has 4 amide bonds. The number of Topliss-reactive ketones (excluding diaryl/α,β-unsaturated/α-hetero) is 1. The molecule has 2 aliphatic rings. The number of alkyl carbamates (subject to hydrolysis) is 1. The van der Waals surface area contributed by atoms with Gasteiger partial charge >= 0.3 is 12.1 Å². The number of benzene rings is 2. The Balaban J connectivity index is 1.48. The standard InChI is InChI=1S/C46H66N4O8/c1-31(2)26-35(29-39(51)38(28-34-18-12-9-13-19-34)49-40(52)32(3)27-33-16-10-8-11-17-33)41(53)48-37(20-14-15-24-47-44(56)58-45(4,5)6)42(54)50-25-23-46(7,30-50)43(55)57-36-21-22-36/h8-13,16-19,31-32,35-38H,14-15,20-30H2,1-7H3,(H,47,56)(H,48,53)(H,49,52)/t32-,35+,37-,38-,46?/m1/s1. The van der Waals surface area contributed by atoms with Gasteiger partial charge in [0.2, 0.25) is 17.7 Å². The summed E-state index contributed by atoms with van der Waals surface area (Å²) in [6, 6.07) is 17.4. The van der Waals surface area contributed by atoms with Crippen molar-refractivity contribution in [1.82, 2.24) is 20.9 Å². The molecule has 1 unspecified atom stereocenters. The average Bonchev–Trinajstić information content (AvgIpc) is 3.89. The van der Waals surface area contributed by atoms with E-state index in [1.165, 1.54) is 0 Å². The fourth-order valence-electron chi connectivity index (χ4n) is 7.25. The molecule has 3 N–H and O–H groups in total. The number of carbonyl (C=O) groups excluding carboxylic acids is 6. The highest BCUT2D eigenvalue weighted by Gasteiger charge is 2.46. The molecule has 1 saturated carbocycles. The molecule has 0 aromatic heterocycles. The second-order valence-electron chi connectivity index (χ2n) is 18.0. The normalized spacial score (nSPS) is 18.7. The maximum atomic E-state index is 14.3. The Bertz CT molecular complexity index is 1690. The maximum Gasteiger partial charge on any atom is 0.407 e. The second-order valence-corrected chi connectivity index (χ2v) is 18.0. The molecule has 4 rings (SSSR count). The summed E-state index contributed by atoms with van der Waals surface area (Å²) in [5.41, 5.74) is 0.424. The lowest BCUT2D eigenvalue weighted by Crippen LogP contribution is -2.51. The van der Waals surface area contributed by atoms with Crippen molar-refractivity contribution in [2.45, 2.75) is 136 Å². The number of nitrogens with zero attached hydrogens (tertiary/aromatic N) is 1. The zero-order valence-electron chi connectivity index (χ0n) is 35.6. The first-order valence-electron chi connectivity index (χ1n) is 21.1. The third-order valence-corrected chi connectivity index (χ3v) is 10.7. The molecule has 318 valence electrons. The quantitative estimate of drug-likeness (QED) is 0.0975. The highest BCUT2D eigenvalue weighted by Crippen LogP contribution is 2.35. The van der Waals surface area contributed by atoms with E-state index in [1.807, 2.05) is 88.4 Å². The first kappa shape index (κ1) is 46.0. The van der Waals surface area contributed by atoms with Gasteiger partial charge in [-0.25, -0.2) is 4.79 Å². The molecule has 1 heterocycles. The van der Waals surface area contributed by atoms with Gasteiger partial charge in [-0.15, -0.1) is 0 Å². The summed E-state index contributed by atoms with van der Waals surface area (Å²) >= 11 is 0. The molecule has 12 nitrogen and oxygen atoms in total. The van der Waals surface area contributed by atoms with Crippen LogP contribution in [0.4, 0.5) is 4.79 Å². The molecular formula is C46H66N4O8. The molecule has 12 heteroatoms. The number of amides is 4. The van der Waals surface area contributed by atoms with Crippen molar-refractivity contribution in [2.75, 3.05) is 19.6 Å². The van der Waals surface area contributed by atoms with Gasteiger partial charge in [-0.2, -0.15) is 0 Å². The average molecular weight is 803 g/mol. The Hall–Kier alpha value is -4.74. The molecule has 58 heavy (non-hydrogen) atoms. The zero-order chi connectivity index (χ0) is 42.5. The van der Waals surface area contributed by atoms with Crippen molar-refractivity contribution in [3.63, 3.8) is 0 Å². The molecule has 5 atom stereocenters. The van der Waals surface area contributed by atoms with E-state index in [4.69, 9.17) is 9.47 Å². The number of unbranched alkanes of at least 4 members (excludes halogenated alkanes) is 1. The minimum atomic E-state index is -0.917. The third kappa shape index (κ3) is 15.2. The fraction of sp³-hybridized carbons (Fsp3) is 0.609. The summed E-state index contributed by atoms with van der Waals surface area (Å²) in [5, 5.41) is 8.77. The Labute approximate surface area is 344 Å². The minimum Gasteiger partial charge on any atom is -0.462 e. The van der Waals surface area contributed by atoms with Crippen LogP contribution in [0.25, 0.3) is 0 Å². The lowest BCUT2D eigenvalue weighted by atomic mass is 9.87. The molecule has 1 aliphatic carbocycles. The van der Waals surface area contributed by atoms with Gasteiger partial charge in [0.25, 0.3) is 0 Å². The van der Waals surface area contributed by atoms with Gasteiger partial charge in [0.15, 0.2) is 5.78 Å². The number of likely N-dealkylation sites (tertiary alicyclic amines) is 1. The number of nitrogens with one attached hydrogen (secondary N) is 3. The molecule has 2 aromatic rings. The van der Waals surface area contributed by atoms with E-state index < -0.39 is 46.9 Å².